The van der Waals surface area contributed by atoms with Crippen molar-refractivity contribution in [2.45, 2.75) is 53.4 Å². The maximum Gasteiger partial charge on any atom is 0.269 e. The van der Waals surface area contributed by atoms with Crippen LogP contribution >= 0.6 is 22.9 Å². The summed E-state index contributed by atoms with van der Waals surface area (Å²) >= 11 is 7.55. The molecule has 5 nitrogen and oxygen atoms in total. The van der Waals surface area contributed by atoms with Crippen molar-refractivity contribution < 1.29 is 4.79 Å². The molecule has 5 rings (SSSR count). The molecule has 1 aliphatic rings. The van der Waals surface area contributed by atoms with Crippen LogP contribution in [0.25, 0.3) is 15.9 Å². The third kappa shape index (κ3) is 4.48. The standard InChI is InChI=1S/C29H31ClN4OS/c1-17-13-20(29(4,5)6)14-18(2)23(17)16-26-31-11-12-33(26)27(35)25-15-24-19(3)32-34(28(24)36-25)22-9-7-21(30)8-10-22/h7-10,13-15H,11-12,16H2,1-6H3. The number of hydrogen-bond acceptors (Lipinski definition) is 4. The molecule has 0 N–H and O–H groups in total. The molecule has 0 unspecified atom stereocenters. The molecule has 2 aromatic carbocycles. The van der Waals surface area contributed by atoms with Crippen LogP contribution in [0.3, 0.4) is 0 Å². The van der Waals surface area contributed by atoms with Crippen molar-refractivity contribution in [2.24, 2.45) is 4.99 Å². The SMILES string of the molecule is Cc1cc(C(C)(C)C)cc(C)c1CC1=NCCN1C(=O)c1cc2c(C)nn(-c3ccc(Cl)cc3)c2s1. The van der Waals surface area contributed by atoms with Gasteiger partial charge in [0, 0.05) is 23.4 Å². The van der Waals surface area contributed by atoms with Crippen LogP contribution in [0.5, 0.6) is 0 Å². The van der Waals surface area contributed by atoms with Gasteiger partial charge < -0.3 is 0 Å². The zero-order valence-electron chi connectivity index (χ0n) is 21.6. The number of amidine groups is 1. The van der Waals surface area contributed by atoms with Gasteiger partial charge in [-0.2, -0.15) is 5.10 Å². The van der Waals surface area contributed by atoms with Gasteiger partial charge in [0.05, 0.1) is 22.8 Å². The summed E-state index contributed by atoms with van der Waals surface area (Å²) in [5.74, 6) is 0.860. The number of carbonyl (C=O) groups excluding carboxylic acids is 1. The van der Waals surface area contributed by atoms with Crippen molar-refractivity contribution in [2.75, 3.05) is 13.1 Å². The van der Waals surface area contributed by atoms with E-state index in [1.807, 2.05) is 46.8 Å². The first-order chi connectivity index (χ1) is 17.0. The quantitative estimate of drug-likeness (QED) is 0.290. The van der Waals surface area contributed by atoms with E-state index in [0.717, 1.165) is 27.4 Å². The molecule has 3 heterocycles. The minimum absolute atomic E-state index is 0.0103. The third-order valence-electron chi connectivity index (χ3n) is 6.90. The van der Waals surface area contributed by atoms with E-state index in [0.29, 0.717) is 29.4 Å². The Bertz CT molecular complexity index is 1480. The number of hydrogen-bond donors (Lipinski definition) is 0. The minimum Gasteiger partial charge on any atom is -0.294 e. The first kappa shape index (κ1) is 24.7. The number of fused-ring (bicyclic) bond motifs is 1. The van der Waals surface area contributed by atoms with Crippen molar-refractivity contribution >= 4 is 44.9 Å². The maximum absolute atomic E-state index is 13.7. The molecule has 0 saturated heterocycles. The lowest BCUT2D eigenvalue weighted by atomic mass is 9.83. The van der Waals surface area contributed by atoms with Crippen LogP contribution in [0.15, 0.2) is 47.5 Å². The summed E-state index contributed by atoms with van der Waals surface area (Å²) in [4.78, 5) is 21.9. The fourth-order valence-corrected chi connectivity index (χ4v) is 6.03. The monoisotopic (exact) mass is 518 g/mol. The molecular formula is C29H31ClN4OS. The van der Waals surface area contributed by atoms with E-state index in [-0.39, 0.29) is 11.3 Å². The Labute approximate surface area is 221 Å². The van der Waals surface area contributed by atoms with E-state index in [1.54, 1.807) is 0 Å². The maximum atomic E-state index is 13.7. The van der Waals surface area contributed by atoms with Crippen LogP contribution in [0, 0.1) is 20.8 Å². The van der Waals surface area contributed by atoms with Gasteiger partial charge in [-0.3, -0.25) is 14.7 Å². The summed E-state index contributed by atoms with van der Waals surface area (Å²) < 4.78 is 1.89. The molecule has 0 atom stereocenters. The molecule has 186 valence electrons. The molecule has 7 heteroatoms. The molecule has 0 aliphatic carbocycles. The molecule has 0 bridgehead atoms. The minimum atomic E-state index is 0.0103. The second kappa shape index (κ2) is 9.16. The van der Waals surface area contributed by atoms with Crippen molar-refractivity contribution in [3.63, 3.8) is 0 Å². The van der Waals surface area contributed by atoms with Crippen LogP contribution < -0.4 is 0 Å². The summed E-state index contributed by atoms with van der Waals surface area (Å²) in [6, 6.07) is 14.1. The normalized spacial score (nSPS) is 14.1. The highest BCUT2D eigenvalue weighted by molar-refractivity contribution is 7.20. The average molecular weight is 519 g/mol. The van der Waals surface area contributed by atoms with Crippen LogP contribution in [0.4, 0.5) is 0 Å². The van der Waals surface area contributed by atoms with Gasteiger partial charge in [0.25, 0.3) is 5.91 Å². The Kier molecular flexibility index (Phi) is 6.29. The summed E-state index contributed by atoms with van der Waals surface area (Å²) in [6.45, 7) is 14.3. The number of carbonyl (C=O) groups is 1. The van der Waals surface area contributed by atoms with Crippen molar-refractivity contribution in [1.82, 2.24) is 14.7 Å². The first-order valence-electron chi connectivity index (χ1n) is 12.2. The molecule has 36 heavy (non-hydrogen) atoms. The van der Waals surface area contributed by atoms with Gasteiger partial charge in [-0.05, 0) is 78.8 Å². The number of rotatable bonds is 4. The molecule has 1 amide bonds. The summed E-state index contributed by atoms with van der Waals surface area (Å²) in [7, 11) is 0. The van der Waals surface area contributed by atoms with Gasteiger partial charge in [-0.1, -0.05) is 44.5 Å². The van der Waals surface area contributed by atoms with E-state index in [4.69, 9.17) is 21.7 Å². The Morgan fingerprint density at radius 2 is 1.72 bits per heavy atom. The van der Waals surface area contributed by atoms with E-state index >= 15 is 0 Å². The van der Waals surface area contributed by atoms with E-state index < -0.39 is 0 Å². The Balaban J connectivity index is 1.43. The van der Waals surface area contributed by atoms with E-state index in [9.17, 15) is 4.79 Å². The Hall–Kier alpha value is -2.96. The molecule has 0 fully saturated rings. The number of aromatic nitrogens is 2. The summed E-state index contributed by atoms with van der Waals surface area (Å²) in [5, 5.41) is 6.38. The second-order valence-electron chi connectivity index (χ2n) is 10.6. The zero-order valence-corrected chi connectivity index (χ0v) is 23.2. The molecule has 0 spiro atoms. The topological polar surface area (TPSA) is 50.5 Å². The highest BCUT2D eigenvalue weighted by atomic mass is 35.5. The van der Waals surface area contributed by atoms with Crippen LogP contribution in [-0.2, 0) is 11.8 Å². The first-order valence-corrected chi connectivity index (χ1v) is 13.4. The number of aryl methyl sites for hydroxylation is 3. The smallest absolute Gasteiger partial charge is 0.269 e. The molecule has 0 saturated carbocycles. The van der Waals surface area contributed by atoms with Gasteiger partial charge >= 0.3 is 0 Å². The average Bonchev–Trinajstić information content (AvgIpc) is 3.52. The summed E-state index contributed by atoms with van der Waals surface area (Å²) in [5.41, 5.74) is 7.01. The molecule has 0 radical (unpaired) electrons. The lowest BCUT2D eigenvalue weighted by Gasteiger charge is -2.23. The molecule has 2 aromatic heterocycles. The predicted molar refractivity (Wildman–Crippen MR) is 150 cm³/mol. The molecule has 1 aliphatic heterocycles. The largest absolute Gasteiger partial charge is 0.294 e. The number of halogens is 1. The van der Waals surface area contributed by atoms with Crippen LogP contribution in [0.1, 0.15) is 58.4 Å². The third-order valence-corrected chi connectivity index (χ3v) is 8.25. The van der Waals surface area contributed by atoms with Crippen molar-refractivity contribution in [1.29, 1.82) is 0 Å². The number of benzene rings is 2. The number of amides is 1. The van der Waals surface area contributed by atoms with Gasteiger partial charge in [0.15, 0.2) is 0 Å². The predicted octanol–water partition coefficient (Wildman–Crippen LogP) is 7.06. The fraction of sp³-hybridized carbons (Fsp3) is 0.345. The molecule has 4 aromatic rings. The van der Waals surface area contributed by atoms with E-state index in [1.165, 1.54) is 33.6 Å². The lowest BCUT2D eigenvalue weighted by molar-refractivity contribution is 0.0861. The highest BCUT2D eigenvalue weighted by Crippen LogP contribution is 2.32. The zero-order chi connectivity index (χ0) is 25.8. The number of aliphatic imine (C=N–C) groups is 1. The van der Waals surface area contributed by atoms with Crippen LogP contribution in [-0.4, -0.2) is 39.5 Å². The molecular weight excluding hydrogens is 488 g/mol. The lowest BCUT2D eigenvalue weighted by Crippen LogP contribution is -2.35. The number of thiophene rings is 1. The second-order valence-corrected chi connectivity index (χ2v) is 12.0. The Morgan fingerprint density at radius 3 is 2.36 bits per heavy atom. The Morgan fingerprint density at radius 1 is 1.06 bits per heavy atom. The van der Waals surface area contributed by atoms with Crippen molar-refractivity contribution in [3.8, 4) is 5.69 Å². The van der Waals surface area contributed by atoms with Gasteiger partial charge in [0.1, 0.15) is 10.7 Å². The number of nitrogens with zero attached hydrogens (tertiary/aromatic N) is 4. The van der Waals surface area contributed by atoms with E-state index in [2.05, 4.69) is 46.8 Å². The van der Waals surface area contributed by atoms with Crippen molar-refractivity contribution in [3.05, 3.63) is 80.3 Å². The van der Waals surface area contributed by atoms with Gasteiger partial charge in [-0.15, -0.1) is 11.3 Å². The van der Waals surface area contributed by atoms with Crippen LogP contribution in [0.2, 0.25) is 5.02 Å². The van der Waals surface area contributed by atoms with Gasteiger partial charge in [0.2, 0.25) is 0 Å². The van der Waals surface area contributed by atoms with Gasteiger partial charge in [-0.25, -0.2) is 4.68 Å². The fourth-order valence-electron chi connectivity index (χ4n) is 4.77. The summed E-state index contributed by atoms with van der Waals surface area (Å²) in [6.07, 6.45) is 0.663. The highest BCUT2D eigenvalue weighted by Gasteiger charge is 2.28.